The number of nitrogens with zero attached hydrogens (tertiary/aromatic N) is 2. The fourth-order valence-electron chi connectivity index (χ4n) is 1.62. The number of carbonyl (C=O) groups excluding carboxylic acids is 2. The number of hydrogen-bond donors (Lipinski definition) is 1. The molecule has 22 heavy (non-hydrogen) atoms. The van der Waals surface area contributed by atoms with Crippen molar-refractivity contribution in [3.63, 3.8) is 0 Å². The summed E-state index contributed by atoms with van der Waals surface area (Å²) in [4.78, 5) is 26.5. The van der Waals surface area contributed by atoms with E-state index in [9.17, 15) is 14.0 Å². The molecule has 0 aliphatic carbocycles. The van der Waals surface area contributed by atoms with E-state index in [2.05, 4.69) is 20.2 Å². The van der Waals surface area contributed by atoms with Gasteiger partial charge in [-0.05, 0) is 31.2 Å². The average Bonchev–Trinajstić information content (AvgIpc) is 2.97. The second kappa shape index (κ2) is 7.30. The molecule has 0 unspecified atom stereocenters. The first-order valence-electron chi connectivity index (χ1n) is 6.63. The Bertz CT molecular complexity index is 654. The number of esters is 1. The summed E-state index contributed by atoms with van der Waals surface area (Å²) in [7, 11) is 0. The molecule has 0 aliphatic heterocycles. The molecule has 1 amide bonds. The summed E-state index contributed by atoms with van der Waals surface area (Å²) >= 11 is 0. The highest BCUT2D eigenvalue weighted by Gasteiger charge is 2.14. The first kappa shape index (κ1) is 15.6. The van der Waals surface area contributed by atoms with Crippen molar-refractivity contribution in [2.24, 2.45) is 0 Å². The van der Waals surface area contributed by atoms with E-state index in [1.807, 2.05) is 0 Å². The van der Waals surface area contributed by atoms with Crippen molar-refractivity contribution in [3.8, 4) is 11.4 Å². The van der Waals surface area contributed by atoms with Crippen molar-refractivity contribution in [2.75, 3.05) is 13.2 Å². The predicted octanol–water partition coefficient (Wildman–Crippen LogP) is 1.10. The molecule has 0 spiro atoms. The maximum atomic E-state index is 12.8. The largest absolute Gasteiger partial charge is 0.459 e. The molecule has 1 N–H and O–H groups in total. The minimum Gasteiger partial charge on any atom is -0.459 e. The monoisotopic (exact) mass is 307 g/mol. The third-order valence-corrected chi connectivity index (χ3v) is 2.66. The Morgan fingerprint density at radius 1 is 1.32 bits per heavy atom. The fraction of sp³-hybridized carbons (Fsp3) is 0.286. The number of rotatable bonds is 5. The highest BCUT2D eigenvalue weighted by atomic mass is 19.1. The van der Waals surface area contributed by atoms with Crippen LogP contribution in [-0.4, -0.2) is 35.2 Å². The first-order chi connectivity index (χ1) is 10.6. The lowest BCUT2D eigenvalue weighted by Crippen LogP contribution is -2.33. The third-order valence-electron chi connectivity index (χ3n) is 2.66. The van der Waals surface area contributed by atoms with Crippen LogP contribution in [0.15, 0.2) is 28.8 Å². The summed E-state index contributed by atoms with van der Waals surface area (Å²) in [6.45, 7) is 1.90. The molecule has 0 atom stereocenters. The number of amides is 1. The lowest BCUT2D eigenvalue weighted by molar-refractivity contribution is -0.154. The molecule has 1 aromatic carbocycles. The van der Waals surface area contributed by atoms with E-state index >= 15 is 0 Å². The van der Waals surface area contributed by atoms with Gasteiger partial charge in [-0.3, -0.25) is 4.79 Å². The Balaban J connectivity index is 1.86. The molecule has 0 aliphatic rings. The van der Waals surface area contributed by atoms with Crippen LogP contribution in [0.3, 0.4) is 0 Å². The van der Waals surface area contributed by atoms with Crippen LogP contribution in [-0.2, 0) is 20.7 Å². The minimum absolute atomic E-state index is 0.136. The van der Waals surface area contributed by atoms with Crippen molar-refractivity contribution in [3.05, 3.63) is 36.0 Å². The topological polar surface area (TPSA) is 94.3 Å². The van der Waals surface area contributed by atoms with Gasteiger partial charge in [-0.1, -0.05) is 5.16 Å². The molecule has 0 saturated heterocycles. The van der Waals surface area contributed by atoms with E-state index in [0.29, 0.717) is 17.3 Å². The summed E-state index contributed by atoms with van der Waals surface area (Å²) in [5.41, 5.74) is 0.618. The van der Waals surface area contributed by atoms with E-state index in [1.165, 1.54) is 24.3 Å². The quantitative estimate of drug-likeness (QED) is 0.656. The maximum absolute atomic E-state index is 12.8. The van der Waals surface area contributed by atoms with Crippen molar-refractivity contribution in [2.45, 2.75) is 13.3 Å². The van der Waals surface area contributed by atoms with Crippen LogP contribution in [0.1, 0.15) is 12.8 Å². The van der Waals surface area contributed by atoms with Gasteiger partial charge >= 0.3 is 11.9 Å². The standard InChI is InChI=1S/C14H14FN3O4/c1-2-21-14(20)13(19)16-8-7-11-17-12(18-22-11)9-3-5-10(15)6-4-9/h3-6H,2,7-8H2,1H3,(H,16,19). The molecule has 0 saturated carbocycles. The van der Waals surface area contributed by atoms with Crippen LogP contribution in [0.5, 0.6) is 0 Å². The van der Waals surface area contributed by atoms with Crippen LogP contribution in [0.2, 0.25) is 0 Å². The van der Waals surface area contributed by atoms with Crippen molar-refractivity contribution in [1.29, 1.82) is 0 Å². The molecule has 0 fully saturated rings. The van der Waals surface area contributed by atoms with E-state index < -0.39 is 11.9 Å². The van der Waals surface area contributed by atoms with Gasteiger partial charge in [0.1, 0.15) is 5.82 Å². The molecule has 2 aromatic rings. The molecular formula is C14H14FN3O4. The summed E-state index contributed by atoms with van der Waals surface area (Å²) in [6.07, 6.45) is 0.263. The van der Waals surface area contributed by atoms with Gasteiger partial charge in [0, 0.05) is 18.5 Å². The Hall–Kier alpha value is -2.77. The average molecular weight is 307 g/mol. The number of benzene rings is 1. The second-order valence-electron chi connectivity index (χ2n) is 4.24. The number of nitrogens with one attached hydrogen (secondary N) is 1. The molecule has 116 valence electrons. The normalized spacial score (nSPS) is 10.3. The van der Waals surface area contributed by atoms with Crippen molar-refractivity contribution >= 4 is 11.9 Å². The number of carbonyl (C=O) groups is 2. The second-order valence-corrected chi connectivity index (χ2v) is 4.24. The Morgan fingerprint density at radius 2 is 2.05 bits per heavy atom. The predicted molar refractivity (Wildman–Crippen MR) is 73.0 cm³/mol. The summed E-state index contributed by atoms with van der Waals surface area (Å²) in [6, 6.07) is 5.66. The molecule has 7 nitrogen and oxygen atoms in total. The van der Waals surface area contributed by atoms with Gasteiger partial charge in [0.2, 0.25) is 11.7 Å². The fourth-order valence-corrected chi connectivity index (χ4v) is 1.62. The van der Waals surface area contributed by atoms with Crippen LogP contribution in [0.25, 0.3) is 11.4 Å². The Labute approximate surface area is 125 Å². The zero-order valence-corrected chi connectivity index (χ0v) is 11.8. The summed E-state index contributed by atoms with van der Waals surface area (Å²) in [5.74, 6) is -1.48. The minimum atomic E-state index is -0.931. The van der Waals surface area contributed by atoms with Gasteiger partial charge in [-0.2, -0.15) is 4.98 Å². The number of ether oxygens (including phenoxy) is 1. The van der Waals surface area contributed by atoms with Crippen molar-refractivity contribution in [1.82, 2.24) is 15.5 Å². The maximum Gasteiger partial charge on any atom is 0.396 e. The number of aromatic nitrogens is 2. The van der Waals surface area contributed by atoms with Crippen LogP contribution < -0.4 is 5.32 Å². The highest BCUT2D eigenvalue weighted by molar-refractivity contribution is 6.32. The lowest BCUT2D eigenvalue weighted by Gasteiger charge is -2.02. The van der Waals surface area contributed by atoms with E-state index in [1.54, 1.807) is 6.92 Å². The number of hydrogen-bond acceptors (Lipinski definition) is 6. The van der Waals surface area contributed by atoms with Gasteiger partial charge in [0.05, 0.1) is 6.61 Å². The summed E-state index contributed by atoms with van der Waals surface area (Å²) in [5, 5.41) is 6.15. The van der Waals surface area contributed by atoms with E-state index in [4.69, 9.17) is 4.52 Å². The Kier molecular flexibility index (Phi) is 5.18. The molecular weight excluding hydrogens is 293 g/mol. The van der Waals surface area contributed by atoms with Gasteiger partial charge in [0.15, 0.2) is 0 Å². The van der Waals surface area contributed by atoms with Crippen LogP contribution >= 0.6 is 0 Å². The van der Waals surface area contributed by atoms with Gasteiger partial charge in [0.25, 0.3) is 0 Å². The highest BCUT2D eigenvalue weighted by Crippen LogP contribution is 2.16. The molecule has 0 radical (unpaired) electrons. The SMILES string of the molecule is CCOC(=O)C(=O)NCCc1nc(-c2ccc(F)cc2)no1. The Morgan fingerprint density at radius 3 is 2.73 bits per heavy atom. The van der Waals surface area contributed by atoms with Gasteiger partial charge in [-0.15, -0.1) is 0 Å². The molecule has 8 heteroatoms. The molecule has 2 rings (SSSR count). The third kappa shape index (κ3) is 4.11. The summed E-state index contributed by atoms with van der Waals surface area (Å²) < 4.78 is 22.4. The zero-order valence-electron chi connectivity index (χ0n) is 11.8. The van der Waals surface area contributed by atoms with Crippen LogP contribution in [0.4, 0.5) is 4.39 Å². The first-order valence-corrected chi connectivity index (χ1v) is 6.63. The molecule has 1 aromatic heterocycles. The molecule has 1 heterocycles. The van der Waals surface area contributed by atoms with Crippen LogP contribution in [0, 0.1) is 5.82 Å². The zero-order chi connectivity index (χ0) is 15.9. The van der Waals surface area contributed by atoms with Gasteiger partial charge in [-0.25, -0.2) is 9.18 Å². The van der Waals surface area contributed by atoms with E-state index in [-0.39, 0.29) is 25.4 Å². The lowest BCUT2D eigenvalue weighted by atomic mass is 10.2. The van der Waals surface area contributed by atoms with E-state index in [0.717, 1.165) is 0 Å². The molecule has 0 bridgehead atoms. The van der Waals surface area contributed by atoms with Crippen molar-refractivity contribution < 1.29 is 23.2 Å². The van der Waals surface area contributed by atoms with Gasteiger partial charge < -0.3 is 14.6 Å². The smallest absolute Gasteiger partial charge is 0.396 e. The number of halogens is 1.